The maximum atomic E-state index is 12.0. The number of rotatable bonds is 5. The van der Waals surface area contributed by atoms with Gasteiger partial charge in [0.2, 0.25) is 0 Å². The monoisotopic (exact) mass is 401 g/mol. The maximum absolute atomic E-state index is 12.0. The molecule has 1 aliphatic heterocycles. The molecule has 10 heteroatoms. The molecule has 0 unspecified atom stereocenters. The normalized spacial score (nSPS) is 14.5. The fraction of sp³-hybridized carbons (Fsp3) is 0.526. The minimum atomic E-state index is -1.03. The van der Waals surface area contributed by atoms with Crippen molar-refractivity contribution in [3.8, 4) is 0 Å². The topological polar surface area (TPSA) is 108 Å². The number of aromatic carboxylic acids is 1. The predicted molar refractivity (Wildman–Crippen MR) is 110 cm³/mol. The Morgan fingerprint density at radius 1 is 1.07 bits per heavy atom. The van der Waals surface area contributed by atoms with Crippen molar-refractivity contribution in [1.82, 2.24) is 9.80 Å². The van der Waals surface area contributed by atoms with Crippen molar-refractivity contribution in [3.05, 3.63) is 29.8 Å². The van der Waals surface area contributed by atoms with Crippen LogP contribution in [0.4, 0.5) is 15.3 Å². The van der Waals surface area contributed by atoms with Gasteiger partial charge in [0.15, 0.2) is 0 Å². The van der Waals surface area contributed by atoms with E-state index in [9.17, 15) is 14.4 Å². The molecule has 29 heavy (non-hydrogen) atoms. The summed E-state index contributed by atoms with van der Waals surface area (Å²) in [6, 6.07) is 5.81. The second-order valence-corrected chi connectivity index (χ2v) is 7.45. The summed E-state index contributed by atoms with van der Waals surface area (Å²) in [5.74, 6) is -1.03. The van der Waals surface area contributed by atoms with Gasteiger partial charge in [0.05, 0.1) is 5.56 Å². The number of carbonyl (C=O) groups is 3. The molecule has 1 fully saturated rings. The molecule has 2 amide bonds. The van der Waals surface area contributed by atoms with E-state index in [1.165, 1.54) is 24.3 Å². The van der Waals surface area contributed by atoms with Crippen molar-refractivity contribution in [2.45, 2.75) is 26.4 Å². The number of hydrogen-bond acceptors (Lipinski definition) is 6. The SMILES string of the molecule is CC(C)(C)OC(=O)N1CCN(CCOC(=O)Nc2ccc(C(=O)O)cc2)CC1.[LiH]. The van der Waals surface area contributed by atoms with Crippen molar-refractivity contribution in [2.24, 2.45) is 0 Å². The van der Waals surface area contributed by atoms with Gasteiger partial charge in [-0.05, 0) is 45.0 Å². The van der Waals surface area contributed by atoms with Crippen LogP contribution in [0.3, 0.4) is 0 Å². The van der Waals surface area contributed by atoms with E-state index in [1.54, 1.807) is 4.90 Å². The van der Waals surface area contributed by atoms with E-state index >= 15 is 0 Å². The number of ether oxygens (including phenoxy) is 2. The zero-order valence-corrected chi connectivity index (χ0v) is 16.4. The molecule has 1 aromatic carbocycles. The third kappa shape index (κ3) is 8.77. The summed E-state index contributed by atoms with van der Waals surface area (Å²) < 4.78 is 10.5. The van der Waals surface area contributed by atoms with Crippen molar-refractivity contribution < 1.29 is 29.0 Å². The second kappa shape index (κ2) is 11.1. The Kier molecular flexibility index (Phi) is 9.50. The Bertz CT molecular complexity index is 697. The fourth-order valence-electron chi connectivity index (χ4n) is 2.60. The van der Waals surface area contributed by atoms with E-state index in [1.807, 2.05) is 20.8 Å². The van der Waals surface area contributed by atoms with Gasteiger partial charge in [-0.2, -0.15) is 0 Å². The molecule has 2 N–H and O–H groups in total. The second-order valence-electron chi connectivity index (χ2n) is 7.45. The van der Waals surface area contributed by atoms with Crippen LogP contribution in [0.1, 0.15) is 31.1 Å². The van der Waals surface area contributed by atoms with Crippen LogP contribution < -0.4 is 5.32 Å². The minimum absolute atomic E-state index is 0. The summed E-state index contributed by atoms with van der Waals surface area (Å²) in [5.41, 5.74) is 0.0917. The van der Waals surface area contributed by atoms with Crippen LogP contribution in [0.2, 0.25) is 0 Å². The van der Waals surface area contributed by atoms with Gasteiger partial charge in [0, 0.05) is 38.4 Å². The number of anilines is 1. The first kappa shape index (κ1) is 24.8. The van der Waals surface area contributed by atoms with Crippen molar-refractivity contribution in [2.75, 3.05) is 44.6 Å². The van der Waals surface area contributed by atoms with Gasteiger partial charge in [-0.3, -0.25) is 10.2 Å². The molecule has 0 aromatic heterocycles. The number of carboxylic acid groups (broad SMARTS) is 1. The Morgan fingerprint density at radius 3 is 2.17 bits per heavy atom. The third-order valence-corrected chi connectivity index (χ3v) is 4.04. The number of carboxylic acids is 1. The van der Waals surface area contributed by atoms with E-state index in [2.05, 4.69) is 10.2 Å². The predicted octanol–water partition coefficient (Wildman–Crippen LogP) is 1.84. The molecular weight excluding hydrogens is 373 g/mol. The Hall–Kier alpha value is -2.21. The third-order valence-electron chi connectivity index (χ3n) is 4.04. The first-order chi connectivity index (χ1) is 13.1. The zero-order chi connectivity index (χ0) is 20.7. The van der Waals surface area contributed by atoms with E-state index in [-0.39, 0.29) is 37.1 Å². The Labute approximate surface area is 182 Å². The summed E-state index contributed by atoms with van der Waals surface area (Å²) in [6.07, 6.45) is -0.910. The van der Waals surface area contributed by atoms with Gasteiger partial charge in [0.1, 0.15) is 12.2 Å². The first-order valence-corrected chi connectivity index (χ1v) is 9.11. The Morgan fingerprint density at radius 2 is 1.66 bits per heavy atom. The van der Waals surface area contributed by atoms with Crippen LogP contribution in [-0.2, 0) is 9.47 Å². The number of benzene rings is 1. The molecule has 0 saturated carbocycles. The molecule has 1 saturated heterocycles. The van der Waals surface area contributed by atoms with Crippen LogP contribution in [0.25, 0.3) is 0 Å². The first-order valence-electron chi connectivity index (χ1n) is 9.11. The molecule has 2 rings (SSSR count). The number of nitrogens with one attached hydrogen (secondary N) is 1. The van der Waals surface area contributed by atoms with E-state index in [4.69, 9.17) is 14.6 Å². The van der Waals surface area contributed by atoms with Crippen LogP contribution >= 0.6 is 0 Å². The van der Waals surface area contributed by atoms with Crippen LogP contribution in [0.5, 0.6) is 0 Å². The van der Waals surface area contributed by atoms with Crippen molar-refractivity contribution in [3.63, 3.8) is 0 Å². The fourth-order valence-corrected chi connectivity index (χ4v) is 2.60. The van der Waals surface area contributed by atoms with Gasteiger partial charge in [0.25, 0.3) is 0 Å². The Balaban J connectivity index is 0.00000420. The number of nitrogens with zero attached hydrogens (tertiary/aromatic N) is 2. The van der Waals surface area contributed by atoms with Crippen LogP contribution in [-0.4, -0.2) is 96.9 Å². The van der Waals surface area contributed by atoms with Gasteiger partial charge in [-0.25, -0.2) is 14.4 Å². The van der Waals surface area contributed by atoms with Crippen molar-refractivity contribution >= 4 is 42.7 Å². The molecule has 0 radical (unpaired) electrons. The average Bonchev–Trinajstić information content (AvgIpc) is 2.61. The van der Waals surface area contributed by atoms with E-state index in [0.717, 1.165) is 0 Å². The molecule has 1 heterocycles. The summed E-state index contributed by atoms with van der Waals surface area (Å²) in [7, 11) is 0. The van der Waals surface area contributed by atoms with Crippen LogP contribution in [0.15, 0.2) is 24.3 Å². The van der Waals surface area contributed by atoms with Gasteiger partial charge >= 0.3 is 37.0 Å². The molecule has 0 atom stereocenters. The molecular formula is C19H28LiN3O6. The van der Waals surface area contributed by atoms with Gasteiger partial charge in [-0.15, -0.1) is 0 Å². The van der Waals surface area contributed by atoms with E-state index in [0.29, 0.717) is 38.4 Å². The standard InChI is InChI=1S/C19H27N3O6.Li.H/c1-19(2,3)28-18(26)22-10-8-21(9-11-22)12-13-27-17(25)20-15-6-4-14(5-7-15)16(23)24;;/h4-7H,8-13H2,1-3H3,(H,20,25)(H,23,24);;. The summed E-state index contributed by atoms with van der Waals surface area (Å²) in [5, 5.41) is 11.4. The number of amides is 2. The number of piperazine rings is 1. The zero-order valence-electron chi connectivity index (χ0n) is 16.4. The summed E-state index contributed by atoms with van der Waals surface area (Å²) in [6.45, 7) is 8.78. The van der Waals surface area contributed by atoms with Crippen LogP contribution in [0, 0.1) is 0 Å². The molecule has 1 aromatic rings. The quantitative estimate of drug-likeness (QED) is 0.725. The molecule has 9 nitrogen and oxygen atoms in total. The molecule has 0 bridgehead atoms. The number of hydrogen-bond donors (Lipinski definition) is 2. The van der Waals surface area contributed by atoms with Gasteiger partial charge in [-0.1, -0.05) is 0 Å². The molecule has 0 aliphatic carbocycles. The summed E-state index contributed by atoms with van der Waals surface area (Å²) in [4.78, 5) is 38.4. The number of carbonyl (C=O) groups excluding carboxylic acids is 2. The average molecular weight is 401 g/mol. The summed E-state index contributed by atoms with van der Waals surface area (Å²) >= 11 is 0. The molecule has 1 aliphatic rings. The van der Waals surface area contributed by atoms with Crippen molar-refractivity contribution in [1.29, 1.82) is 0 Å². The molecule has 156 valence electrons. The van der Waals surface area contributed by atoms with E-state index < -0.39 is 17.7 Å². The van der Waals surface area contributed by atoms with Gasteiger partial charge < -0.3 is 19.5 Å². The molecule has 0 spiro atoms.